The van der Waals surface area contributed by atoms with Crippen LogP contribution in [0.1, 0.15) is 45.6 Å². The van der Waals surface area contributed by atoms with Gasteiger partial charge in [-0.2, -0.15) is 5.10 Å². The summed E-state index contributed by atoms with van der Waals surface area (Å²) < 4.78 is 33.8. The van der Waals surface area contributed by atoms with Crippen LogP contribution in [-0.2, 0) is 30.3 Å². The number of carbonyl (C=O) groups is 3. The van der Waals surface area contributed by atoms with Gasteiger partial charge in [-0.05, 0) is 67.2 Å². The molecule has 5 atom stereocenters. The van der Waals surface area contributed by atoms with Gasteiger partial charge in [0.1, 0.15) is 24.6 Å². The summed E-state index contributed by atoms with van der Waals surface area (Å²) in [6.07, 6.45) is 7.11. The van der Waals surface area contributed by atoms with Gasteiger partial charge in [-0.15, -0.1) is 0 Å². The third-order valence-corrected chi connectivity index (χ3v) is 9.37. The van der Waals surface area contributed by atoms with Gasteiger partial charge in [0.25, 0.3) is 0 Å². The lowest BCUT2D eigenvalue weighted by Crippen LogP contribution is -2.49. The predicted octanol–water partition coefficient (Wildman–Crippen LogP) is 3.90. The molecule has 12 nitrogen and oxygen atoms in total. The van der Waals surface area contributed by atoms with Crippen molar-refractivity contribution in [2.45, 2.75) is 64.9 Å². The number of carbonyl (C=O) groups excluding carboxylic acids is 3. The topological polar surface area (TPSA) is 127 Å². The lowest BCUT2D eigenvalue weighted by molar-refractivity contribution is -0.151. The molecule has 1 aromatic carbocycles. The minimum atomic E-state index is -0.902. The number of morpholine rings is 1. The number of benzene rings is 1. The SMILES string of the molecule is C/C(=C\c1cc(F)cc(N2CCN(C(=O)Cn3cccn3)CC2)c1)[C@H]1OC(=O)C[C@H](O)CC[C@H](C)[C@@H](OC(=O)N2CCOCC2)/C=C\[C@@H]1C. The van der Waals surface area contributed by atoms with Gasteiger partial charge in [0.15, 0.2) is 0 Å². The number of amides is 2. The summed E-state index contributed by atoms with van der Waals surface area (Å²) in [6.45, 7) is 9.86. The second-order valence-electron chi connectivity index (χ2n) is 13.2. The Kier molecular flexibility index (Phi) is 12.5. The van der Waals surface area contributed by atoms with E-state index in [1.54, 1.807) is 39.0 Å². The summed E-state index contributed by atoms with van der Waals surface area (Å²) in [5.74, 6) is -1.36. The van der Waals surface area contributed by atoms with Crippen LogP contribution in [0.15, 0.2) is 54.4 Å². The van der Waals surface area contributed by atoms with Gasteiger partial charge >= 0.3 is 12.1 Å². The van der Waals surface area contributed by atoms with Crippen LogP contribution in [0.25, 0.3) is 6.08 Å². The van der Waals surface area contributed by atoms with Crippen molar-refractivity contribution in [2.75, 3.05) is 57.4 Å². The van der Waals surface area contributed by atoms with Gasteiger partial charge in [0, 0.05) is 63.3 Å². The van der Waals surface area contributed by atoms with E-state index in [2.05, 4.69) is 10.00 Å². The fourth-order valence-corrected chi connectivity index (χ4v) is 6.44. The number of aromatic nitrogens is 2. The number of hydrogen-bond donors (Lipinski definition) is 1. The first-order valence-electron chi connectivity index (χ1n) is 17.1. The van der Waals surface area contributed by atoms with Crippen molar-refractivity contribution >= 4 is 29.7 Å². The van der Waals surface area contributed by atoms with Crippen LogP contribution in [0.2, 0.25) is 0 Å². The van der Waals surface area contributed by atoms with E-state index in [0.717, 1.165) is 0 Å². The van der Waals surface area contributed by atoms with Crippen molar-refractivity contribution < 1.29 is 38.1 Å². The maximum atomic E-state index is 15.0. The second kappa shape index (κ2) is 16.9. The number of hydrogen-bond acceptors (Lipinski definition) is 9. The highest BCUT2D eigenvalue weighted by atomic mass is 19.1. The number of anilines is 1. The molecule has 1 N–H and O–H groups in total. The number of cyclic esters (lactones) is 1. The maximum absolute atomic E-state index is 15.0. The first kappa shape index (κ1) is 36.1. The van der Waals surface area contributed by atoms with Gasteiger partial charge in [-0.25, -0.2) is 9.18 Å². The highest BCUT2D eigenvalue weighted by molar-refractivity contribution is 5.76. The average Bonchev–Trinajstić information content (AvgIpc) is 3.60. The molecule has 0 bridgehead atoms. The van der Waals surface area contributed by atoms with Crippen LogP contribution >= 0.6 is 0 Å². The molecular weight excluding hydrogens is 633 g/mol. The van der Waals surface area contributed by atoms with Gasteiger partial charge in [-0.3, -0.25) is 14.3 Å². The smallest absolute Gasteiger partial charge is 0.410 e. The number of rotatable bonds is 6. The van der Waals surface area contributed by atoms with E-state index in [9.17, 15) is 23.9 Å². The summed E-state index contributed by atoms with van der Waals surface area (Å²) in [7, 11) is 0. The zero-order valence-corrected chi connectivity index (χ0v) is 28.6. The van der Waals surface area contributed by atoms with Crippen molar-refractivity contribution in [3.8, 4) is 0 Å². The van der Waals surface area contributed by atoms with Crippen LogP contribution < -0.4 is 4.90 Å². The number of aliphatic hydroxyl groups excluding tert-OH is 1. The summed E-state index contributed by atoms with van der Waals surface area (Å²) in [5.41, 5.74) is 2.00. The molecule has 49 heavy (non-hydrogen) atoms. The minimum absolute atomic E-state index is 0.0138. The van der Waals surface area contributed by atoms with Crippen LogP contribution in [0.5, 0.6) is 0 Å². The van der Waals surface area contributed by atoms with Crippen LogP contribution in [0, 0.1) is 17.7 Å². The van der Waals surface area contributed by atoms with Crippen molar-refractivity contribution in [3.63, 3.8) is 0 Å². The van der Waals surface area contributed by atoms with E-state index >= 15 is 0 Å². The molecule has 0 saturated carbocycles. The van der Waals surface area contributed by atoms with Crippen molar-refractivity contribution in [1.29, 1.82) is 0 Å². The molecule has 266 valence electrons. The summed E-state index contributed by atoms with van der Waals surface area (Å²) in [5, 5.41) is 14.7. The lowest BCUT2D eigenvalue weighted by Gasteiger charge is -2.36. The van der Waals surface area contributed by atoms with Gasteiger partial charge in [0.2, 0.25) is 5.91 Å². The summed E-state index contributed by atoms with van der Waals surface area (Å²) in [4.78, 5) is 44.1. The maximum Gasteiger partial charge on any atom is 0.410 e. The van der Waals surface area contributed by atoms with E-state index < -0.39 is 36.2 Å². The molecule has 5 rings (SSSR count). The fourth-order valence-electron chi connectivity index (χ4n) is 6.44. The number of piperazine rings is 1. The third kappa shape index (κ3) is 10.1. The predicted molar refractivity (Wildman–Crippen MR) is 181 cm³/mol. The Morgan fingerprint density at radius 2 is 1.80 bits per heavy atom. The Morgan fingerprint density at radius 3 is 2.51 bits per heavy atom. The van der Waals surface area contributed by atoms with E-state index in [0.29, 0.717) is 82.1 Å². The zero-order valence-electron chi connectivity index (χ0n) is 28.6. The van der Waals surface area contributed by atoms with Gasteiger partial charge in [0.05, 0.1) is 25.7 Å². The molecule has 3 aliphatic rings. The van der Waals surface area contributed by atoms with Crippen LogP contribution in [0.4, 0.5) is 14.9 Å². The molecule has 13 heteroatoms. The highest BCUT2D eigenvalue weighted by Gasteiger charge is 2.29. The molecule has 0 spiro atoms. The van der Waals surface area contributed by atoms with Crippen LogP contribution in [0.3, 0.4) is 0 Å². The monoisotopic (exact) mass is 681 g/mol. The molecule has 0 radical (unpaired) electrons. The number of nitrogens with zero attached hydrogens (tertiary/aromatic N) is 5. The normalized spacial score (nSPS) is 26.7. The second-order valence-corrected chi connectivity index (χ2v) is 13.2. The Balaban J connectivity index is 1.30. The Bertz CT molecular complexity index is 1480. The van der Waals surface area contributed by atoms with Gasteiger partial charge in [-0.1, -0.05) is 26.0 Å². The number of aliphatic hydroxyl groups is 1. The molecule has 1 aromatic heterocycles. The quantitative estimate of drug-likeness (QED) is 0.357. The highest BCUT2D eigenvalue weighted by Crippen LogP contribution is 2.28. The largest absolute Gasteiger partial charge is 0.457 e. The zero-order chi connectivity index (χ0) is 34.9. The first-order valence-corrected chi connectivity index (χ1v) is 17.1. The van der Waals surface area contributed by atoms with E-state index in [1.807, 2.05) is 39.0 Å². The van der Waals surface area contributed by atoms with Crippen molar-refractivity contribution in [3.05, 3.63) is 65.8 Å². The van der Waals surface area contributed by atoms with Crippen molar-refractivity contribution in [2.24, 2.45) is 11.8 Å². The van der Waals surface area contributed by atoms with Gasteiger partial charge < -0.3 is 34.0 Å². The Hall–Kier alpha value is -4.23. The van der Waals surface area contributed by atoms with E-state index in [-0.39, 0.29) is 30.7 Å². The molecular formula is C36H48FN5O7. The molecule has 4 heterocycles. The Labute approximate surface area is 287 Å². The molecule has 3 aliphatic heterocycles. The number of esters is 1. The van der Waals surface area contributed by atoms with E-state index in [4.69, 9.17) is 14.2 Å². The number of halogens is 1. The van der Waals surface area contributed by atoms with Crippen LogP contribution in [-0.4, -0.2) is 113 Å². The fraction of sp³-hybridized carbons (Fsp3) is 0.556. The van der Waals surface area contributed by atoms with E-state index in [1.165, 1.54) is 12.1 Å². The molecule has 0 aliphatic carbocycles. The molecule has 2 amide bonds. The standard InChI is InChI=1S/C36H48FN5O7/c1-25-5-7-31(43)23-34(45)49-35(26(2)6-8-32(25)48-36(46)41-15-17-47-18-16-41)27(3)19-28-20-29(37)22-30(21-28)39-11-13-40(14-12-39)33(44)24-42-10-4-9-38-42/h4,6,8-10,19-22,25-26,31-32,35,43H,5,7,11-18,23-24H2,1-3H3/b8-6-,27-19+/t25-,26-,31+,32-,35-/m0/s1. The molecule has 2 saturated heterocycles. The third-order valence-electron chi connectivity index (χ3n) is 9.37. The molecule has 2 fully saturated rings. The average molecular weight is 682 g/mol. The number of ether oxygens (including phenoxy) is 3. The molecule has 0 unspecified atom stereocenters. The first-order chi connectivity index (χ1) is 23.5. The summed E-state index contributed by atoms with van der Waals surface area (Å²) in [6, 6.07) is 6.58. The van der Waals surface area contributed by atoms with Crippen molar-refractivity contribution in [1.82, 2.24) is 19.6 Å². The summed E-state index contributed by atoms with van der Waals surface area (Å²) >= 11 is 0. The Morgan fingerprint density at radius 1 is 1.04 bits per heavy atom. The molecule has 2 aromatic rings. The minimum Gasteiger partial charge on any atom is -0.457 e. The lowest BCUT2D eigenvalue weighted by atomic mass is 9.91.